The molecule has 0 saturated carbocycles. The minimum atomic E-state index is 0.607. The predicted molar refractivity (Wildman–Crippen MR) is 73.5 cm³/mol. The van der Waals surface area contributed by atoms with Gasteiger partial charge in [0.25, 0.3) is 0 Å². The molecule has 0 heterocycles. The van der Waals surface area contributed by atoms with Gasteiger partial charge in [-0.05, 0) is 30.5 Å². The van der Waals surface area contributed by atoms with Crippen LogP contribution in [0.2, 0.25) is 0 Å². The maximum Gasteiger partial charge on any atom is 0.119 e. The van der Waals surface area contributed by atoms with E-state index >= 15 is 0 Å². The zero-order valence-electron chi connectivity index (χ0n) is 10.2. The highest BCUT2D eigenvalue weighted by atomic mass is 79.9. The van der Waals surface area contributed by atoms with E-state index in [1.54, 1.807) is 0 Å². The zero-order valence-corrected chi connectivity index (χ0v) is 11.8. The summed E-state index contributed by atoms with van der Waals surface area (Å²) < 4.78 is 5.75. The molecule has 0 radical (unpaired) electrons. The van der Waals surface area contributed by atoms with Gasteiger partial charge in [-0.3, -0.25) is 0 Å². The van der Waals surface area contributed by atoms with Crippen LogP contribution in [0, 0.1) is 5.92 Å². The van der Waals surface area contributed by atoms with E-state index in [0.29, 0.717) is 5.92 Å². The number of hydrogen-bond donors (Lipinski definition) is 0. The highest BCUT2D eigenvalue weighted by molar-refractivity contribution is 9.09. The quantitative estimate of drug-likeness (QED) is 0.673. The Hall–Kier alpha value is -0.500. The first-order valence-corrected chi connectivity index (χ1v) is 7.20. The zero-order chi connectivity index (χ0) is 11.8. The van der Waals surface area contributed by atoms with Crippen molar-refractivity contribution in [3.8, 4) is 5.75 Å². The maximum atomic E-state index is 5.75. The molecule has 0 saturated heterocycles. The molecule has 0 bridgehead atoms. The molecular weight excluding hydrogens is 264 g/mol. The van der Waals surface area contributed by atoms with Crippen molar-refractivity contribution in [2.24, 2.45) is 5.92 Å². The lowest BCUT2D eigenvalue weighted by atomic mass is 10.1. The van der Waals surface area contributed by atoms with Crippen molar-refractivity contribution >= 4 is 15.9 Å². The Kier molecular flexibility index (Phi) is 6.55. The number of alkyl halides is 1. The van der Waals surface area contributed by atoms with Crippen molar-refractivity contribution in [3.63, 3.8) is 0 Å². The fraction of sp³-hybridized carbons (Fsp3) is 0.571. The highest BCUT2D eigenvalue weighted by Gasteiger charge is 2.04. The van der Waals surface area contributed by atoms with Crippen molar-refractivity contribution in [1.82, 2.24) is 0 Å². The molecule has 90 valence electrons. The minimum Gasteiger partial charge on any atom is -0.493 e. The van der Waals surface area contributed by atoms with Crippen molar-refractivity contribution in [2.75, 3.05) is 11.9 Å². The van der Waals surface area contributed by atoms with Crippen LogP contribution in [0.25, 0.3) is 0 Å². The Balaban J connectivity index is 2.42. The molecule has 0 fully saturated rings. The smallest absolute Gasteiger partial charge is 0.119 e. The van der Waals surface area contributed by atoms with Crippen molar-refractivity contribution < 1.29 is 4.74 Å². The Morgan fingerprint density at radius 1 is 1.19 bits per heavy atom. The summed E-state index contributed by atoms with van der Waals surface area (Å²) in [5.41, 5.74) is 1.39. The molecule has 1 atom stereocenters. The van der Waals surface area contributed by atoms with Gasteiger partial charge in [0, 0.05) is 11.2 Å². The fourth-order valence-corrected chi connectivity index (χ4v) is 2.17. The summed E-state index contributed by atoms with van der Waals surface area (Å²) in [6.07, 6.45) is 3.50. The van der Waals surface area contributed by atoms with Gasteiger partial charge in [-0.1, -0.05) is 48.3 Å². The van der Waals surface area contributed by atoms with Crippen LogP contribution in [0.3, 0.4) is 0 Å². The van der Waals surface area contributed by atoms with Crippen LogP contribution in [-0.2, 0) is 6.42 Å². The van der Waals surface area contributed by atoms with Gasteiger partial charge in [-0.15, -0.1) is 0 Å². The van der Waals surface area contributed by atoms with E-state index in [1.165, 1.54) is 12.0 Å². The Bertz CT molecular complexity index is 277. The van der Waals surface area contributed by atoms with E-state index in [4.69, 9.17) is 4.74 Å². The lowest BCUT2D eigenvalue weighted by Gasteiger charge is -2.13. The molecule has 16 heavy (non-hydrogen) atoms. The number of rotatable bonds is 7. The van der Waals surface area contributed by atoms with E-state index in [2.05, 4.69) is 54.0 Å². The van der Waals surface area contributed by atoms with E-state index < -0.39 is 0 Å². The van der Waals surface area contributed by atoms with Crippen molar-refractivity contribution in [2.45, 2.75) is 33.1 Å². The van der Waals surface area contributed by atoms with Gasteiger partial charge in [-0.25, -0.2) is 0 Å². The third kappa shape index (κ3) is 4.56. The fourth-order valence-electron chi connectivity index (χ4n) is 1.53. The molecule has 1 aromatic rings. The second-order valence-electron chi connectivity index (χ2n) is 4.13. The van der Waals surface area contributed by atoms with Gasteiger partial charge >= 0.3 is 0 Å². The minimum absolute atomic E-state index is 0.607. The number of halogens is 1. The van der Waals surface area contributed by atoms with Crippen molar-refractivity contribution in [1.29, 1.82) is 0 Å². The van der Waals surface area contributed by atoms with Gasteiger partial charge in [-0.2, -0.15) is 0 Å². The standard InChI is InChI=1S/C14H21BrO/c1-3-5-13-6-8-14(9-7-13)16-11-12(4-2)10-15/h6-9,12H,3-5,10-11H2,1-2H3. The van der Waals surface area contributed by atoms with Crippen LogP contribution < -0.4 is 4.74 Å². The van der Waals surface area contributed by atoms with Gasteiger partial charge in [0.05, 0.1) is 6.61 Å². The number of ether oxygens (including phenoxy) is 1. The Morgan fingerprint density at radius 3 is 2.38 bits per heavy atom. The Labute approximate surface area is 107 Å². The second-order valence-corrected chi connectivity index (χ2v) is 4.78. The third-order valence-electron chi connectivity index (χ3n) is 2.74. The summed E-state index contributed by atoms with van der Waals surface area (Å²) in [6, 6.07) is 8.47. The van der Waals surface area contributed by atoms with Crippen molar-refractivity contribution in [3.05, 3.63) is 29.8 Å². The Morgan fingerprint density at radius 2 is 1.88 bits per heavy atom. The number of aryl methyl sites for hydroxylation is 1. The third-order valence-corrected chi connectivity index (χ3v) is 3.66. The number of hydrogen-bond acceptors (Lipinski definition) is 1. The topological polar surface area (TPSA) is 9.23 Å². The van der Waals surface area contributed by atoms with Crippen LogP contribution in [0.4, 0.5) is 0 Å². The SMILES string of the molecule is CCCc1ccc(OCC(CC)CBr)cc1. The molecule has 0 N–H and O–H groups in total. The van der Waals surface area contributed by atoms with Crippen LogP contribution in [0.1, 0.15) is 32.3 Å². The van der Waals surface area contributed by atoms with Crippen LogP contribution in [-0.4, -0.2) is 11.9 Å². The molecule has 1 unspecified atom stereocenters. The van der Waals surface area contributed by atoms with E-state index in [9.17, 15) is 0 Å². The molecule has 0 spiro atoms. The average molecular weight is 285 g/mol. The molecule has 0 aromatic heterocycles. The lowest BCUT2D eigenvalue weighted by molar-refractivity contribution is 0.260. The summed E-state index contributed by atoms with van der Waals surface area (Å²) in [5, 5.41) is 1.01. The lowest BCUT2D eigenvalue weighted by Crippen LogP contribution is -2.12. The first-order valence-electron chi connectivity index (χ1n) is 6.07. The molecular formula is C14H21BrO. The van der Waals surface area contributed by atoms with Gasteiger partial charge in [0.15, 0.2) is 0 Å². The molecule has 1 nitrogen and oxygen atoms in total. The summed E-state index contributed by atoms with van der Waals surface area (Å²) in [6.45, 7) is 5.20. The van der Waals surface area contributed by atoms with Crippen LogP contribution in [0.15, 0.2) is 24.3 Å². The molecule has 0 aliphatic carbocycles. The van der Waals surface area contributed by atoms with Gasteiger partial charge in [0.1, 0.15) is 5.75 Å². The second kappa shape index (κ2) is 7.72. The summed E-state index contributed by atoms with van der Waals surface area (Å²) in [4.78, 5) is 0. The highest BCUT2D eigenvalue weighted by Crippen LogP contribution is 2.15. The van der Waals surface area contributed by atoms with E-state index in [-0.39, 0.29) is 0 Å². The molecule has 2 heteroatoms. The van der Waals surface area contributed by atoms with E-state index in [1.807, 2.05) is 0 Å². The van der Waals surface area contributed by atoms with Gasteiger partial charge < -0.3 is 4.74 Å². The first kappa shape index (κ1) is 13.6. The number of benzene rings is 1. The summed E-state index contributed by atoms with van der Waals surface area (Å²) in [7, 11) is 0. The largest absolute Gasteiger partial charge is 0.493 e. The maximum absolute atomic E-state index is 5.75. The molecule has 1 aromatic carbocycles. The molecule has 0 amide bonds. The molecule has 0 aliphatic heterocycles. The molecule has 0 aliphatic rings. The van der Waals surface area contributed by atoms with Gasteiger partial charge in [0.2, 0.25) is 0 Å². The van der Waals surface area contributed by atoms with Crippen LogP contribution in [0.5, 0.6) is 5.75 Å². The first-order chi connectivity index (χ1) is 7.80. The van der Waals surface area contributed by atoms with Crippen LogP contribution >= 0.6 is 15.9 Å². The summed E-state index contributed by atoms with van der Waals surface area (Å²) in [5.74, 6) is 1.59. The normalized spacial score (nSPS) is 12.4. The summed E-state index contributed by atoms with van der Waals surface area (Å²) >= 11 is 3.50. The monoisotopic (exact) mass is 284 g/mol. The predicted octanol–water partition coefficient (Wildman–Crippen LogP) is 4.44. The average Bonchev–Trinajstić information content (AvgIpc) is 2.33. The van der Waals surface area contributed by atoms with E-state index in [0.717, 1.165) is 30.5 Å². The molecule has 1 rings (SSSR count).